The molecule has 0 heterocycles. The minimum absolute atomic E-state index is 0. The molecular weight excluding hydrogens is 354 g/mol. The molecule has 0 spiro atoms. The Labute approximate surface area is 142 Å². The zero-order valence-corrected chi connectivity index (χ0v) is 13.2. The number of allylic oxidation sites excluding steroid dienone is 4. The molecule has 0 aliphatic carbocycles. The summed E-state index contributed by atoms with van der Waals surface area (Å²) in [6, 6.07) is 0. The zero-order valence-electron chi connectivity index (χ0n) is 11.8. The van der Waals surface area contributed by atoms with Gasteiger partial charge in [-0.3, -0.25) is 9.59 Å². The molecule has 0 aliphatic heterocycles. The Morgan fingerprint density at radius 1 is 0.739 bits per heavy atom. The molecule has 0 rings (SSSR count). The van der Waals surface area contributed by atoms with Crippen LogP contribution in [0.5, 0.6) is 0 Å². The van der Waals surface area contributed by atoms with Crippen LogP contribution in [-0.4, -0.2) is 57.9 Å². The van der Waals surface area contributed by atoms with Crippen LogP contribution in [-0.2, 0) is 9.59 Å². The summed E-state index contributed by atoms with van der Waals surface area (Å²) in [5.74, 6) is -6.02. The minimum Gasteiger partial charge on any atom is -0.876 e. The molecule has 0 amide bonds. The van der Waals surface area contributed by atoms with E-state index in [0.717, 1.165) is 13.8 Å². The average Bonchev–Trinajstić information content (AvgIpc) is 2.13. The van der Waals surface area contributed by atoms with E-state index >= 15 is 0 Å². The first-order valence-corrected chi connectivity index (χ1v) is 4.61. The molecular formula is C10H12F6MgO6. The maximum Gasteiger partial charge on any atom is 2.00 e. The van der Waals surface area contributed by atoms with Crippen molar-refractivity contribution >= 4 is 34.6 Å². The Hall–Kier alpha value is -1.31. The molecule has 4 N–H and O–H groups in total. The van der Waals surface area contributed by atoms with E-state index in [0.29, 0.717) is 0 Å². The van der Waals surface area contributed by atoms with Crippen LogP contribution in [0.2, 0.25) is 0 Å². The SMILES string of the molecule is C/C([O-])=C/C(=O)C(F)(F)F.C/C([O-])=C/C(=O)C(F)(F)F.O.O.[Mg+2]. The third-order valence-corrected chi connectivity index (χ3v) is 1.23. The Balaban J connectivity index is -0.0000000831. The van der Waals surface area contributed by atoms with Crippen LogP contribution in [0.15, 0.2) is 23.7 Å². The normalized spacial score (nSPS) is 11.7. The fraction of sp³-hybridized carbons (Fsp3) is 0.400. The van der Waals surface area contributed by atoms with Crippen LogP contribution >= 0.6 is 0 Å². The van der Waals surface area contributed by atoms with Crippen molar-refractivity contribution in [3.63, 3.8) is 0 Å². The van der Waals surface area contributed by atoms with Crippen LogP contribution in [0.4, 0.5) is 26.3 Å². The van der Waals surface area contributed by atoms with Crippen molar-refractivity contribution in [2.24, 2.45) is 0 Å². The van der Waals surface area contributed by atoms with E-state index in [1.807, 2.05) is 0 Å². The predicted molar refractivity (Wildman–Crippen MR) is 62.6 cm³/mol. The standard InChI is InChI=1S/2C5H5F3O2.Mg.2H2O/c2*1-3(9)2-4(10)5(6,7)8;;;/h2*2,9H,1H3;;2*1H2/q;;+2;;/p-2/b2*3-2-;;;. The number of carbonyl (C=O) groups excluding carboxylic acids is 2. The van der Waals surface area contributed by atoms with Gasteiger partial charge in [-0.05, 0) is 12.2 Å². The molecule has 0 atom stereocenters. The van der Waals surface area contributed by atoms with Gasteiger partial charge in [0.2, 0.25) is 0 Å². The monoisotopic (exact) mass is 366 g/mol. The molecule has 0 saturated carbocycles. The van der Waals surface area contributed by atoms with E-state index in [-0.39, 0.29) is 46.2 Å². The first-order valence-electron chi connectivity index (χ1n) is 4.61. The molecule has 0 aromatic heterocycles. The van der Waals surface area contributed by atoms with Crippen molar-refractivity contribution in [1.82, 2.24) is 0 Å². The Morgan fingerprint density at radius 2 is 0.913 bits per heavy atom. The first kappa shape index (κ1) is 33.3. The van der Waals surface area contributed by atoms with Gasteiger partial charge in [0.15, 0.2) is 0 Å². The quantitative estimate of drug-likeness (QED) is 0.260. The predicted octanol–water partition coefficient (Wildman–Crippen LogP) is -1.27. The fourth-order valence-corrected chi connectivity index (χ4v) is 0.533. The summed E-state index contributed by atoms with van der Waals surface area (Å²) in [6.07, 6.45) is -9.82. The van der Waals surface area contributed by atoms with E-state index in [9.17, 15) is 46.1 Å². The average molecular weight is 366 g/mol. The molecule has 0 fully saturated rings. The maximum atomic E-state index is 11.3. The van der Waals surface area contributed by atoms with Gasteiger partial charge >= 0.3 is 35.4 Å². The van der Waals surface area contributed by atoms with Crippen molar-refractivity contribution < 1.29 is 57.1 Å². The van der Waals surface area contributed by atoms with Crippen LogP contribution in [0, 0.1) is 0 Å². The second-order valence-electron chi connectivity index (χ2n) is 3.23. The van der Waals surface area contributed by atoms with Crippen molar-refractivity contribution in [1.29, 1.82) is 0 Å². The second-order valence-corrected chi connectivity index (χ2v) is 3.23. The maximum absolute atomic E-state index is 11.3. The molecule has 6 nitrogen and oxygen atoms in total. The van der Waals surface area contributed by atoms with Crippen LogP contribution in [0.25, 0.3) is 0 Å². The van der Waals surface area contributed by atoms with Gasteiger partial charge in [0.05, 0.1) is 0 Å². The van der Waals surface area contributed by atoms with Crippen LogP contribution in [0.3, 0.4) is 0 Å². The summed E-state index contributed by atoms with van der Waals surface area (Å²) in [5.41, 5.74) is 0. The van der Waals surface area contributed by atoms with E-state index in [2.05, 4.69) is 0 Å². The van der Waals surface area contributed by atoms with Crippen LogP contribution in [0.1, 0.15) is 13.8 Å². The number of hydrogen-bond donors (Lipinski definition) is 0. The summed E-state index contributed by atoms with van der Waals surface area (Å²) in [6.45, 7) is 1.76. The summed E-state index contributed by atoms with van der Waals surface area (Å²) in [7, 11) is 0. The van der Waals surface area contributed by atoms with E-state index in [4.69, 9.17) is 0 Å². The zero-order chi connectivity index (χ0) is 16.7. The van der Waals surface area contributed by atoms with Gasteiger partial charge in [0.1, 0.15) is 0 Å². The van der Waals surface area contributed by atoms with Gasteiger partial charge in [-0.25, -0.2) is 0 Å². The smallest absolute Gasteiger partial charge is 0.876 e. The molecule has 0 unspecified atom stereocenters. The first-order chi connectivity index (χ1) is 8.67. The van der Waals surface area contributed by atoms with Crippen molar-refractivity contribution in [2.75, 3.05) is 0 Å². The summed E-state index contributed by atoms with van der Waals surface area (Å²) in [5, 5.41) is 19.8. The number of alkyl halides is 6. The third-order valence-electron chi connectivity index (χ3n) is 1.23. The number of ketones is 2. The molecule has 13 heteroatoms. The molecule has 0 radical (unpaired) electrons. The second kappa shape index (κ2) is 13.2. The van der Waals surface area contributed by atoms with E-state index < -0.39 is 35.4 Å². The molecule has 0 aromatic rings. The molecule has 23 heavy (non-hydrogen) atoms. The van der Waals surface area contributed by atoms with Gasteiger partial charge in [-0.2, -0.15) is 26.3 Å². The summed E-state index contributed by atoms with van der Waals surface area (Å²) in [4.78, 5) is 19.7. The van der Waals surface area contributed by atoms with Gasteiger partial charge in [-0.1, -0.05) is 13.8 Å². The topological polar surface area (TPSA) is 143 Å². The number of hydrogen-bond acceptors (Lipinski definition) is 4. The Kier molecular flexibility index (Phi) is 19.1. The largest absolute Gasteiger partial charge is 2.00 e. The molecule has 132 valence electrons. The van der Waals surface area contributed by atoms with Crippen molar-refractivity contribution in [2.45, 2.75) is 26.2 Å². The minimum atomic E-state index is -4.92. The number of rotatable bonds is 2. The molecule has 0 bridgehead atoms. The third kappa shape index (κ3) is 20.7. The van der Waals surface area contributed by atoms with E-state index in [1.54, 1.807) is 0 Å². The van der Waals surface area contributed by atoms with Crippen molar-refractivity contribution in [3.8, 4) is 0 Å². The van der Waals surface area contributed by atoms with Crippen molar-refractivity contribution in [3.05, 3.63) is 23.7 Å². The van der Waals surface area contributed by atoms with E-state index in [1.165, 1.54) is 0 Å². The van der Waals surface area contributed by atoms with Gasteiger partial charge in [0, 0.05) is 0 Å². The molecule has 0 saturated heterocycles. The molecule has 0 aliphatic rings. The summed E-state index contributed by atoms with van der Waals surface area (Å²) >= 11 is 0. The summed E-state index contributed by atoms with van der Waals surface area (Å²) < 4.78 is 67.7. The Morgan fingerprint density at radius 3 is 0.957 bits per heavy atom. The fourth-order valence-electron chi connectivity index (χ4n) is 0.533. The Bertz CT molecular complexity index is 379. The van der Waals surface area contributed by atoms with Gasteiger partial charge in [0.25, 0.3) is 11.6 Å². The van der Waals surface area contributed by atoms with Gasteiger partial charge in [-0.15, -0.1) is 11.5 Å². The molecule has 0 aromatic carbocycles. The number of halogens is 6. The van der Waals surface area contributed by atoms with Gasteiger partial charge < -0.3 is 21.2 Å². The van der Waals surface area contributed by atoms with Crippen LogP contribution < -0.4 is 10.2 Å². The number of carbonyl (C=O) groups is 2.